The topological polar surface area (TPSA) is 60.2 Å². The van der Waals surface area contributed by atoms with Crippen LogP contribution < -0.4 is 0 Å². The van der Waals surface area contributed by atoms with Crippen molar-refractivity contribution in [3.63, 3.8) is 0 Å². The number of allylic oxidation sites excluding steroid dienone is 4. The van der Waals surface area contributed by atoms with E-state index in [1.807, 2.05) is 38.1 Å². The molecular formula is C19H21NO3. The highest BCUT2D eigenvalue weighted by molar-refractivity contribution is 6.10. The summed E-state index contributed by atoms with van der Waals surface area (Å²) in [6, 6.07) is 7.59. The molecule has 23 heavy (non-hydrogen) atoms. The fourth-order valence-corrected chi connectivity index (χ4v) is 2.34. The molecule has 0 aliphatic rings. The van der Waals surface area contributed by atoms with Gasteiger partial charge in [0.25, 0.3) is 0 Å². The quantitative estimate of drug-likeness (QED) is 0.592. The molecule has 0 N–H and O–H groups in total. The summed E-state index contributed by atoms with van der Waals surface area (Å²) in [5.41, 5.74) is 4.19. The molecule has 0 bridgehead atoms. The summed E-state index contributed by atoms with van der Waals surface area (Å²) in [5.74, 6) is 0.539. The highest BCUT2D eigenvalue weighted by atomic mass is 16.3. The van der Waals surface area contributed by atoms with Crippen LogP contribution in [0.1, 0.15) is 40.0 Å². The van der Waals surface area contributed by atoms with E-state index in [0.717, 1.165) is 23.0 Å². The van der Waals surface area contributed by atoms with E-state index < -0.39 is 0 Å². The van der Waals surface area contributed by atoms with Crippen LogP contribution in [0.3, 0.4) is 0 Å². The lowest BCUT2D eigenvalue weighted by Crippen LogP contribution is -2.09. The van der Waals surface area contributed by atoms with Crippen LogP contribution in [-0.2, 0) is 16.0 Å². The van der Waals surface area contributed by atoms with E-state index in [-0.39, 0.29) is 5.78 Å². The van der Waals surface area contributed by atoms with Gasteiger partial charge in [-0.2, -0.15) is 0 Å². The molecule has 1 heterocycles. The van der Waals surface area contributed by atoms with Gasteiger partial charge in [0.15, 0.2) is 17.3 Å². The fraction of sp³-hybridized carbons (Fsp3) is 0.316. The average molecular weight is 311 g/mol. The van der Waals surface area contributed by atoms with Crippen molar-refractivity contribution in [2.75, 3.05) is 0 Å². The number of aryl methyl sites for hydroxylation is 1. The van der Waals surface area contributed by atoms with Crippen molar-refractivity contribution in [1.82, 2.24) is 4.98 Å². The van der Waals surface area contributed by atoms with Crippen LogP contribution >= 0.6 is 0 Å². The normalized spacial score (nSPS) is 12.0. The van der Waals surface area contributed by atoms with Crippen LogP contribution in [0.25, 0.3) is 11.1 Å². The van der Waals surface area contributed by atoms with Gasteiger partial charge < -0.3 is 4.42 Å². The molecule has 1 aromatic heterocycles. The molecule has 4 heteroatoms. The minimum absolute atomic E-state index is 0.0780. The Morgan fingerprint density at radius 2 is 1.87 bits per heavy atom. The SMILES string of the molecule is CC(C)=C(CCc1nc2ccccc2o1)C(=O)/C(C)=C(/C)C=O. The summed E-state index contributed by atoms with van der Waals surface area (Å²) in [6.07, 6.45) is 1.81. The molecule has 0 amide bonds. The third-order valence-electron chi connectivity index (χ3n) is 3.91. The van der Waals surface area contributed by atoms with Crippen LogP contribution in [0.5, 0.6) is 0 Å². The van der Waals surface area contributed by atoms with Crippen molar-refractivity contribution in [2.24, 2.45) is 0 Å². The van der Waals surface area contributed by atoms with Crippen molar-refractivity contribution in [3.05, 3.63) is 52.4 Å². The fourth-order valence-electron chi connectivity index (χ4n) is 2.34. The lowest BCUT2D eigenvalue weighted by Gasteiger charge is -2.09. The van der Waals surface area contributed by atoms with Crippen molar-refractivity contribution in [3.8, 4) is 0 Å². The van der Waals surface area contributed by atoms with E-state index in [1.165, 1.54) is 0 Å². The monoisotopic (exact) mass is 311 g/mol. The van der Waals surface area contributed by atoms with Gasteiger partial charge >= 0.3 is 0 Å². The number of fused-ring (bicyclic) bond motifs is 1. The predicted molar refractivity (Wildman–Crippen MR) is 90.1 cm³/mol. The van der Waals surface area contributed by atoms with E-state index in [9.17, 15) is 9.59 Å². The standard InChI is InChI=1S/C19H21NO3/c1-12(2)15(19(22)14(4)13(3)11-21)9-10-18-20-16-7-5-6-8-17(16)23-18/h5-8,11H,9-10H2,1-4H3/b14-13-. The molecule has 2 rings (SSSR count). The van der Waals surface area contributed by atoms with Gasteiger partial charge in [0.05, 0.1) is 0 Å². The van der Waals surface area contributed by atoms with Crippen LogP contribution in [0.4, 0.5) is 0 Å². The Kier molecular flexibility index (Phi) is 5.27. The van der Waals surface area contributed by atoms with E-state index in [2.05, 4.69) is 4.98 Å². The molecule has 0 saturated heterocycles. The minimum atomic E-state index is -0.0780. The molecule has 120 valence electrons. The number of oxazole rings is 1. The molecule has 0 saturated carbocycles. The first-order chi connectivity index (χ1) is 10.9. The Bertz CT molecular complexity index is 772. The summed E-state index contributed by atoms with van der Waals surface area (Å²) < 4.78 is 5.69. The van der Waals surface area contributed by atoms with Gasteiger partial charge in [0.2, 0.25) is 0 Å². The van der Waals surface area contributed by atoms with Crippen LogP contribution in [0.15, 0.2) is 51.0 Å². The zero-order valence-corrected chi connectivity index (χ0v) is 14.0. The molecule has 0 atom stereocenters. The second kappa shape index (κ2) is 7.18. The summed E-state index contributed by atoms with van der Waals surface area (Å²) >= 11 is 0. The Hall–Kier alpha value is -2.49. The van der Waals surface area contributed by atoms with Gasteiger partial charge in [0.1, 0.15) is 11.8 Å². The maximum absolute atomic E-state index is 12.6. The maximum Gasteiger partial charge on any atom is 0.195 e. The highest BCUT2D eigenvalue weighted by Crippen LogP contribution is 2.21. The number of rotatable bonds is 6. The predicted octanol–water partition coefficient (Wildman–Crippen LogP) is 4.20. The number of hydrogen-bond donors (Lipinski definition) is 0. The molecule has 0 radical (unpaired) electrons. The Morgan fingerprint density at radius 3 is 2.48 bits per heavy atom. The van der Waals surface area contributed by atoms with E-state index in [0.29, 0.717) is 35.5 Å². The summed E-state index contributed by atoms with van der Waals surface area (Å²) in [5, 5.41) is 0. The molecular weight excluding hydrogens is 290 g/mol. The number of nitrogens with zero attached hydrogens (tertiary/aromatic N) is 1. The third kappa shape index (κ3) is 3.83. The third-order valence-corrected chi connectivity index (χ3v) is 3.91. The van der Waals surface area contributed by atoms with Crippen LogP contribution in [-0.4, -0.2) is 17.1 Å². The number of ketones is 1. The summed E-state index contributed by atoms with van der Waals surface area (Å²) in [4.78, 5) is 27.9. The molecule has 0 spiro atoms. The number of benzene rings is 1. The molecule has 2 aromatic rings. The largest absolute Gasteiger partial charge is 0.441 e. The molecule has 1 aromatic carbocycles. The number of hydrogen-bond acceptors (Lipinski definition) is 4. The second-order valence-electron chi connectivity index (χ2n) is 5.81. The van der Waals surface area contributed by atoms with Gasteiger partial charge in [-0.1, -0.05) is 17.7 Å². The Balaban J connectivity index is 2.19. The van der Waals surface area contributed by atoms with E-state index >= 15 is 0 Å². The molecule has 0 fully saturated rings. The second-order valence-corrected chi connectivity index (χ2v) is 5.81. The molecule has 0 aliphatic heterocycles. The smallest absolute Gasteiger partial charge is 0.195 e. The summed E-state index contributed by atoms with van der Waals surface area (Å²) in [6.45, 7) is 7.16. The number of Topliss-reactive ketones (excluding diaryl/α,β-unsaturated/α-hetero) is 1. The first-order valence-electron chi connectivity index (χ1n) is 7.62. The van der Waals surface area contributed by atoms with Crippen molar-refractivity contribution in [1.29, 1.82) is 0 Å². The van der Waals surface area contributed by atoms with E-state index in [1.54, 1.807) is 13.8 Å². The van der Waals surface area contributed by atoms with Gasteiger partial charge in [-0.25, -0.2) is 4.98 Å². The summed E-state index contributed by atoms with van der Waals surface area (Å²) in [7, 11) is 0. The molecule has 4 nitrogen and oxygen atoms in total. The maximum atomic E-state index is 12.6. The van der Waals surface area contributed by atoms with E-state index in [4.69, 9.17) is 4.42 Å². The zero-order chi connectivity index (χ0) is 17.0. The zero-order valence-electron chi connectivity index (χ0n) is 14.0. The number of aromatic nitrogens is 1. The highest BCUT2D eigenvalue weighted by Gasteiger charge is 2.16. The number of carbonyl (C=O) groups excluding carboxylic acids is 2. The lowest BCUT2D eigenvalue weighted by molar-refractivity contribution is -0.113. The Morgan fingerprint density at radius 1 is 1.17 bits per heavy atom. The number of aldehydes is 1. The van der Waals surface area contributed by atoms with Crippen LogP contribution in [0, 0.1) is 0 Å². The Labute approximate surface area is 135 Å². The lowest BCUT2D eigenvalue weighted by atomic mass is 9.94. The van der Waals surface area contributed by atoms with Crippen molar-refractivity contribution in [2.45, 2.75) is 40.5 Å². The van der Waals surface area contributed by atoms with Gasteiger partial charge in [-0.15, -0.1) is 0 Å². The van der Waals surface area contributed by atoms with Crippen molar-refractivity contribution < 1.29 is 14.0 Å². The minimum Gasteiger partial charge on any atom is -0.441 e. The molecule has 0 aliphatic carbocycles. The van der Waals surface area contributed by atoms with Crippen LogP contribution in [0.2, 0.25) is 0 Å². The average Bonchev–Trinajstić information content (AvgIpc) is 2.95. The van der Waals surface area contributed by atoms with Gasteiger partial charge in [0, 0.05) is 12.0 Å². The molecule has 0 unspecified atom stereocenters. The van der Waals surface area contributed by atoms with Gasteiger partial charge in [-0.05, 0) is 57.4 Å². The van der Waals surface area contributed by atoms with Gasteiger partial charge in [-0.3, -0.25) is 9.59 Å². The first-order valence-corrected chi connectivity index (χ1v) is 7.62. The van der Waals surface area contributed by atoms with Crippen molar-refractivity contribution >= 4 is 23.2 Å². The first kappa shape index (κ1) is 16.9. The number of para-hydroxylation sites is 2. The number of carbonyl (C=O) groups is 2.